The molecule has 1 nitrogen and oxygen atoms in total. The number of fused-ring (bicyclic) bond motifs is 1. The number of hydrogen-bond donors (Lipinski definition) is 0. The molecule has 1 heterocycles. The fraction of sp³-hybridized carbons (Fsp3) is 0.538. The van der Waals surface area contributed by atoms with Gasteiger partial charge in [0.1, 0.15) is 0 Å². The number of likely N-dealkylation sites (tertiary alicyclic amines) is 1. The summed E-state index contributed by atoms with van der Waals surface area (Å²) < 4.78 is 0. The van der Waals surface area contributed by atoms with Crippen LogP contribution in [0.2, 0.25) is 0 Å². The monoisotopic (exact) mass is 187 g/mol. The van der Waals surface area contributed by atoms with Crippen LogP contribution in [0.25, 0.3) is 0 Å². The average molecular weight is 187 g/mol. The van der Waals surface area contributed by atoms with Gasteiger partial charge < -0.3 is 0 Å². The topological polar surface area (TPSA) is 3.24 Å². The Bertz CT molecular complexity index is 332. The first-order valence-corrected chi connectivity index (χ1v) is 5.61. The van der Waals surface area contributed by atoms with Crippen molar-refractivity contribution in [3.63, 3.8) is 0 Å². The van der Waals surface area contributed by atoms with Gasteiger partial charge in [-0.05, 0) is 44.3 Å². The van der Waals surface area contributed by atoms with Crippen molar-refractivity contribution in [1.29, 1.82) is 0 Å². The van der Waals surface area contributed by atoms with E-state index in [-0.39, 0.29) is 0 Å². The number of rotatable bonds is 1. The number of piperidine rings is 1. The zero-order valence-electron chi connectivity index (χ0n) is 8.74. The maximum atomic E-state index is 2.57. The second kappa shape index (κ2) is 2.83. The minimum Gasteiger partial charge on any atom is -0.296 e. The van der Waals surface area contributed by atoms with Crippen LogP contribution in [0.5, 0.6) is 0 Å². The highest BCUT2D eigenvalue weighted by atomic mass is 15.2. The Balaban J connectivity index is 1.98. The first-order valence-electron chi connectivity index (χ1n) is 5.61. The third-order valence-corrected chi connectivity index (χ3v) is 4.07. The van der Waals surface area contributed by atoms with Crippen LogP contribution in [0.1, 0.15) is 24.8 Å². The summed E-state index contributed by atoms with van der Waals surface area (Å²) in [7, 11) is 2.28. The highest BCUT2D eigenvalue weighted by Crippen LogP contribution is 2.60. The summed E-state index contributed by atoms with van der Waals surface area (Å²) in [4.78, 5) is 2.57. The van der Waals surface area contributed by atoms with E-state index in [2.05, 4.69) is 42.3 Å². The molecule has 2 atom stereocenters. The Hall–Kier alpha value is -0.820. The molecule has 1 aromatic carbocycles. The van der Waals surface area contributed by atoms with Gasteiger partial charge in [-0.15, -0.1) is 0 Å². The smallest absolute Gasteiger partial charge is 0.0490 e. The molecule has 0 bridgehead atoms. The summed E-state index contributed by atoms with van der Waals surface area (Å²) in [5.41, 5.74) is 1.96. The van der Waals surface area contributed by atoms with Gasteiger partial charge in [0.15, 0.2) is 0 Å². The van der Waals surface area contributed by atoms with E-state index in [1.54, 1.807) is 0 Å². The van der Waals surface area contributed by atoms with Crippen LogP contribution in [-0.2, 0) is 5.54 Å². The Labute approximate surface area is 85.7 Å². The van der Waals surface area contributed by atoms with Crippen LogP contribution in [0, 0.1) is 5.92 Å². The van der Waals surface area contributed by atoms with Crippen molar-refractivity contribution in [3.05, 3.63) is 35.9 Å². The molecule has 2 fully saturated rings. The summed E-state index contributed by atoms with van der Waals surface area (Å²) in [6.45, 7) is 1.27. The zero-order chi connectivity index (χ0) is 9.60. The van der Waals surface area contributed by atoms with E-state index in [0.717, 1.165) is 5.92 Å². The molecule has 0 amide bonds. The van der Waals surface area contributed by atoms with Crippen molar-refractivity contribution in [2.75, 3.05) is 13.6 Å². The molecule has 1 aromatic rings. The zero-order valence-corrected chi connectivity index (χ0v) is 8.74. The van der Waals surface area contributed by atoms with Crippen LogP contribution in [0.3, 0.4) is 0 Å². The predicted octanol–water partition coefficient (Wildman–Crippen LogP) is 2.63. The van der Waals surface area contributed by atoms with Crippen molar-refractivity contribution in [2.45, 2.75) is 24.8 Å². The first-order chi connectivity index (χ1) is 6.84. The molecule has 0 spiro atoms. The normalized spacial score (nSPS) is 36.5. The van der Waals surface area contributed by atoms with Gasteiger partial charge in [-0.25, -0.2) is 0 Å². The quantitative estimate of drug-likeness (QED) is 0.653. The van der Waals surface area contributed by atoms with Crippen LogP contribution >= 0.6 is 0 Å². The number of hydrogen-bond acceptors (Lipinski definition) is 1. The molecule has 14 heavy (non-hydrogen) atoms. The average Bonchev–Trinajstić information content (AvgIpc) is 2.96. The summed E-state index contributed by atoms with van der Waals surface area (Å²) in [6.07, 6.45) is 4.20. The van der Waals surface area contributed by atoms with Gasteiger partial charge in [0, 0.05) is 5.54 Å². The Morgan fingerprint density at radius 2 is 2.07 bits per heavy atom. The maximum absolute atomic E-state index is 2.57. The summed E-state index contributed by atoms with van der Waals surface area (Å²) >= 11 is 0. The van der Waals surface area contributed by atoms with Gasteiger partial charge in [0.25, 0.3) is 0 Å². The van der Waals surface area contributed by atoms with Gasteiger partial charge in [-0.2, -0.15) is 0 Å². The summed E-state index contributed by atoms with van der Waals surface area (Å²) in [5.74, 6) is 0.934. The summed E-state index contributed by atoms with van der Waals surface area (Å²) in [6, 6.07) is 11.0. The lowest BCUT2D eigenvalue weighted by Crippen LogP contribution is -2.37. The molecular formula is C13H17N. The predicted molar refractivity (Wildman–Crippen MR) is 58.1 cm³/mol. The summed E-state index contributed by atoms with van der Waals surface area (Å²) in [5, 5.41) is 0. The van der Waals surface area contributed by atoms with E-state index < -0.39 is 0 Å². The van der Waals surface area contributed by atoms with E-state index in [9.17, 15) is 0 Å². The second-order valence-corrected chi connectivity index (χ2v) is 4.76. The molecule has 1 saturated carbocycles. The lowest BCUT2D eigenvalue weighted by Gasteiger charge is -2.33. The van der Waals surface area contributed by atoms with E-state index in [0.29, 0.717) is 5.54 Å². The SMILES string of the molecule is CN1CCCC2CC21c1ccccc1. The van der Waals surface area contributed by atoms with E-state index in [1.807, 2.05) is 0 Å². The van der Waals surface area contributed by atoms with E-state index in [1.165, 1.54) is 31.4 Å². The Morgan fingerprint density at radius 3 is 2.79 bits per heavy atom. The number of benzene rings is 1. The van der Waals surface area contributed by atoms with Crippen LogP contribution in [0.15, 0.2) is 30.3 Å². The lowest BCUT2D eigenvalue weighted by atomic mass is 9.95. The molecule has 1 aliphatic heterocycles. The molecule has 1 heteroatoms. The van der Waals surface area contributed by atoms with Gasteiger partial charge in [-0.3, -0.25) is 4.90 Å². The second-order valence-electron chi connectivity index (χ2n) is 4.76. The largest absolute Gasteiger partial charge is 0.296 e. The minimum atomic E-state index is 0.430. The molecule has 2 aliphatic rings. The molecule has 3 rings (SSSR count). The fourth-order valence-electron chi connectivity index (χ4n) is 3.20. The van der Waals surface area contributed by atoms with Crippen molar-refractivity contribution >= 4 is 0 Å². The minimum absolute atomic E-state index is 0.430. The van der Waals surface area contributed by atoms with Gasteiger partial charge in [0.05, 0.1) is 0 Å². The van der Waals surface area contributed by atoms with Crippen LogP contribution in [-0.4, -0.2) is 18.5 Å². The molecular weight excluding hydrogens is 170 g/mol. The van der Waals surface area contributed by atoms with E-state index in [4.69, 9.17) is 0 Å². The van der Waals surface area contributed by atoms with Crippen molar-refractivity contribution < 1.29 is 0 Å². The molecule has 0 N–H and O–H groups in total. The third-order valence-electron chi connectivity index (χ3n) is 4.07. The molecule has 74 valence electrons. The lowest BCUT2D eigenvalue weighted by molar-refractivity contribution is 0.166. The fourth-order valence-corrected chi connectivity index (χ4v) is 3.20. The van der Waals surface area contributed by atoms with Gasteiger partial charge in [0.2, 0.25) is 0 Å². The standard InChI is InChI=1S/C13H17N/c1-14-9-5-8-12-10-13(12,14)11-6-3-2-4-7-11/h2-4,6-7,12H,5,8-10H2,1H3. The Morgan fingerprint density at radius 1 is 1.29 bits per heavy atom. The first kappa shape index (κ1) is 8.49. The molecule has 1 saturated heterocycles. The van der Waals surface area contributed by atoms with Crippen LogP contribution < -0.4 is 0 Å². The molecule has 1 aliphatic carbocycles. The maximum Gasteiger partial charge on any atom is 0.0490 e. The van der Waals surface area contributed by atoms with Crippen molar-refractivity contribution in [3.8, 4) is 0 Å². The third kappa shape index (κ3) is 0.992. The molecule has 2 unspecified atom stereocenters. The highest BCUT2D eigenvalue weighted by Gasteiger charge is 2.58. The van der Waals surface area contributed by atoms with Crippen LogP contribution in [0.4, 0.5) is 0 Å². The van der Waals surface area contributed by atoms with Crippen molar-refractivity contribution in [1.82, 2.24) is 4.90 Å². The highest BCUT2D eigenvalue weighted by molar-refractivity contribution is 5.33. The Kier molecular flexibility index (Phi) is 1.72. The molecule has 0 aromatic heterocycles. The number of nitrogens with zero attached hydrogens (tertiary/aromatic N) is 1. The van der Waals surface area contributed by atoms with E-state index >= 15 is 0 Å². The van der Waals surface area contributed by atoms with Crippen molar-refractivity contribution in [2.24, 2.45) is 5.92 Å². The van der Waals surface area contributed by atoms with Gasteiger partial charge in [-0.1, -0.05) is 30.3 Å². The van der Waals surface area contributed by atoms with Gasteiger partial charge >= 0.3 is 0 Å². The molecule has 0 radical (unpaired) electrons.